The normalized spacial score (nSPS) is 16.9. The van der Waals surface area contributed by atoms with E-state index >= 15 is 0 Å². The number of rotatable bonds is 4. The lowest BCUT2D eigenvalue weighted by molar-refractivity contribution is 0.305. The van der Waals surface area contributed by atoms with Gasteiger partial charge in [-0.05, 0) is 24.6 Å². The first kappa shape index (κ1) is 9.90. The van der Waals surface area contributed by atoms with Crippen LogP contribution in [-0.2, 0) is 13.0 Å². The Morgan fingerprint density at radius 1 is 1.57 bits per heavy atom. The van der Waals surface area contributed by atoms with Crippen molar-refractivity contribution in [2.75, 3.05) is 0 Å². The first-order valence-corrected chi connectivity index (χ1v) is 5.86. The minimum atomic E-state index is 0.779. The van der Waals surface area contributed by atoms with Crippen molar-refractivity contribution in [3.63, 3.8) is 0 Å². The molecule has 0 atom stereocenters. The molecular weight excluding hydrogens is 194 g/mol. The van der Waals surface area contributed by atoms with Gasteiger partial charge in [-0.1, -0.05) is 26.2 Å². The molecule has 4 heteroatoms. The number of H-pyrrole nitrogens is 1. The van der Waals surface area contributed by atoms with E-state index in [0.717, 1.165) is 35.9 Å². The average molecular weight is 211 g/mol. The lowest BCUT2D eigenvalue weighted by Gasteiger charge is -2.24. The van der Waals surface area contributed by atoms with E-state index in [1.165, 1.54) is 19.3 Å². The van der Waals surface area contributed by atoms with Gasteiger partial charge in [-0.2, -0.15) is 5.10 Å². The van der Waals surface area contributed by atoms with Gasteiger partial charge in [-0.25, -0.2) is 0 Å². The third-order valence-electron chi connectivity index (χ3n) is 2.98. The highest BCUT2D eigenvalue weighted by Gasteiger charge is 2.20. The fraction of sp³-hybridized carbons (Fsp3) is 0.800. The molecule has 0 unspecified atom stereocenters. The maximum absolute atomic E-state index is 5.19. The van der Waals surface area contributed by atoms with E-state index < -0.39 is 0 Å². The molecule has 0 bridgehead atoms. The molecule has 78 valence electrons. The van der Waals surface area contributed by atoms with Crippen LogP contribution in [0.25, 0.3) is 0 Å². The number of aromatic nitrogens is 3. The number of hydrogen-bond donors (Lipinski definition) is 1. The summed E-state index contributed by atoms with van der Waals surface area (Å²) in [6.45, 7) is 3.17. The molecule has 0 saturated heterocycles. The van der Waals surface area contributed by atoms with Crippen LogP contribution in [-0.4, -0.2) is 14.8 Å². The van der Waals surface area contributed by atoms with Crippen LogP contribution in [0.4, 0.5) is 0 Å². The highest BCUT2D eigenvalue weighted by molar-refractivity contribution is 7.71. The van der Waals surface area contributed by atoms with E-state index in [4.69, 9.17) is 12.2 Å². The van der Waals surface area contributed by atoms with E-state index in [-0.39, 0.29) is 0 Å². The van der Waals surface area contributed by atoms with Crippen LogP contribution < -0.4 is 0 Å². The van der Waals surface area contributed by atoms with Crippen molar-refractivity contribution in [1.29, 1.82) is 0 Å². The predicted octanol–water partition coefficient (Wildman–Crippen LogP) is 2.69. The van der Waals surface area contributed by atoms with Gasteiger partial charge in [0.1, 0.15) is 5.82 Å². The molecule has 0 amide bonds. The molecule has 1 aliphatic carbocycles. The molecule has 1 aromatic heterocycles. The zero-order valence-electron chi connectivity index (χ0n) is 8.62. The third-order valence-corrected chi connectivity index (χ3v) is 3.29. The summed E-state index contributed by atoms with van der Waals surface area (Å²) in [5.74, 6) is 2.01. The van der Waals surface area contributed by atoms with Crippen molar-refractivity contribution in [3.8, 4) is 0 Å². The number of hydrogen-bond acceptors (Lipinski definition) is 2. The summed E-state index contributed by atoms with van der Waals surface area (Å²) in [5, 5.41) is 7.19. The Bertz CT molecular complexity index is 348. The van der Waals surface area contributed by atoms with Gasteiger partial charge in [0.25, 0.3) is 0 Å². The molecule has 1 heterocycles. The zero-order chi connectivity index (χ0) is 9.97. The minimum Gasteiger partial charge on any atom is -0.304 e. The van der Waals surface area contributed by atoms with E-state index in [1.807, 2.05) is 0 Å². The first-order chi connectivity index (χ1) is 6.81. The van der Waals surface area contributed by atoms with Gasteiger partial charge in [0.2, 0.25) is 0 Å². The molecule has 0 aliphatic heterocycles. The van der Waals surface area contributed by atoms with Crippen molar-refractivity contribution < 1.29 is 0 Å². The van der Waals surface area contributed by atoms with Crippen molar-refractivity contribution in [1.82, 2.24) is 14.8 Å². The Morgan fingerprint density at radius 2 is 2.36 bits per heavy atom. The quantitative estimate of drug-likeness (QED) is 0.777. The van der Waals surface area contributed by atoms with Crippen molar-refractivity contribution in [2.24, 2.45) is 5.92 Å². The lowest BCUT2D eigenvalue weighted by Crippen LogP contribution is -2.17. The molecule has 1 saturated carbocycles. The van der Waals surface area contributed by atoms with Gasteiger partial charge in [0.15, 0.2) is 4.77 Å². The monoisotopic (exact) mass is 211 g/mol. The summed E-state index contributed by atoms with van der Waals surface area (Å²) >= 11 is 5.19. The van der Waals surface area contributed by atoms with Gasteiger partial charge in [0, 0.05) is 13.0 Å². The summed E-state index contributed by atoms with van der Waals surface area (Å²) in [5.41, 5.74) is 0. The van der Waals surface area contributed by atoms with Crippen molar-refractivity contribution in [2.45, 2.75) is 45.6 Å². The van der Waals surface area contributed by atoms with Gasteiger partial charge >= 0.3 is 0 Å². The maximum Gasteiger partial charge on any atom is 0.195 e. The standard InChI is InChI=1S/C10H17N3S/c1-2-6-13-9(11-12-10(13)14)7-8-4-3-5-8/h8H,2-7H2,1H3,(H,12,14). The first-order valence-electron chi connectivity index (χ1n) is 5.45. The van der Waals surface area contributed by atoms with Crippen LogP contribution in [0.15, 0.2) is 0 Å². The summed E-state index contributed by atoms with van der Waals surface area (Å²) in [6.07, 6.45) is 6.35. The Kier molecular flexibility index (Phi) is 3.01. The van der Waals surface area contributed by atoms with Crippen molar-refractivity contribution >= 4 is 12.2 Å². The Hall–Kier alpha value is -0.640. The lowest BCUT2D eigenvalue weighted by atomic mass is 9.83. The van der Waals surface area contributed by atoms with Crippen LogP contribution >= 0.6 is 12.2 Å². The predicted molar refractivity (Wildman–Crippen MR) is 58.7 cm³/mol. The van der Waals surface area contributed by atoms with E-state index in [2.05, 4.69) is 21.7 Å². The molecule has 3 nitrogen and oxygen atoms in total. The van der Waals surface area contributed by atoms with E-state index in [9.17, 15) is 0 Å². The van der Waals surface area contributed by atoms with Crippen LogP contribution in [0.5, 0.6) is 0 Å². The molecule has 2 rings (SSSR count). The van der Waals surface area contributed by atoms with Gasteiger partial charge < -0.3 is 4.57 Å². The molecule has 0 radical (unpaired) electrons. The summed E-state index contributed by atoms with van der Waals surface area (Å²) < 4.78 is 2.93. The topological polar surface area (TPSA) is 33.6 Å². The summed E-state index contributed by atoms with van der Waals surface area (Å²) in [6, 6.07) is 0. The maximum atomic E-state index is 5.19. The molecule has 1 fully saturated rings. The summed E-state index contributed by atoms with van der Waals surface area (Å²) in [7, 11) is 0. The second kappa shape index (κ2) is 4.26. The number of nitrogens with zero attached hydrogens (tertiary/aromatic N) is 2. The smallest absolute Gasteiger partial charge is 0.195 e. The Labute approximate surface area is 89.5 Å². The SMILES string of the molecule is CCCn1c(CC2CCC2)n[nH]c1=S. The molecule has 14 heavy (non-hydrogen) atoms. The van der Waals surface area contributed by atoms with Crippen LogP contribution in [0.2, 0.25) is 0 Å². The molecule has 1 N–H and O–H groups in total. The summed E-state index contributed by atoms with van der Waals surface area (Å²) in [4.78, 5) is 0. The second-order valence-corrected chi connectivity index (χ2v) is 4.48. The molecule has 1 aliphatic rings. The van der Waals surface area contributed by atoms with Gasteiger partial charge in [0.05, 0.1) is 0 Å². The molecule has 0 spiro atoms. The van der Waals surface area contributed by atoms with Crippen LogP contribution in [0.1, 0.15) is 38.4 Å². The number of nitrogens with one attached hydrogen (secondary N) is 1. The average Bonchev–Trinajstić information content (AvgIpc) is 2.43. The Morgan fingerprint density at radius 3 is 2.93 bits per heavy atom. The third kappa shape index (κ3) is 1.90. The number of aromatic amines is 1. The van der Waals surface area contributed by atoms with Crippen LogP contribution in [0.3, 0.4) is 0 Å². The highest BCUT2D eigenvalue weighted by Crippen LogP contribution is 2.29. The van der Waals surface area contributed by atoms with Crippen LogP contribution in [0, 0.1) is 10.7 Å². The second-order valence-electron chi connectivity index (χ2n) is 4.10. The van der Waals surface area contributed by atoms with E-state index in [0.29, 0.717) is 0 Å². The Balaban J connectivity index is 2.10. The molecular formula is C10H17N3S. The highest BCUT2D eigenvalue weighted by atomic mass is 32.1. The molecule has 1 aromatic rings. The largest absolute Gasteiger partial charge is 0.304 e. The van der Waals surface area contributed by atoms with Gasteiger partial charge in [-0.15, -0.1) is 0 Å². The van der Waals surface area contributed by atoms with Crippen molar-refractivity contribution in [3.05, 3.63) is 10.6 Å². The fourth-order valence-corrected chi connectivity index (χ4v) is 2.16. The van der Waals surface area contributed by atoms with Gasteiger partial charge in [-0.3, -0.25) is 5.10 Å². The minimum absolute atomic E-state index is 0.779. The fourth-order valence-electron chi connectivity index (χ4n) is 1.92. The molecule has 0 aromatic carbocycles. The zero-order valence-corrected chi connectivity index (χ0v) is 9.44. The van der Waals surface area contributed by atoms with E-state index in [1.54, 1.807) is 0 Å².